The molecule has 0 radical (unpaired) electrons. The summed E-state index contributed by atoms with van der Waals surface area (Å²) in [6.45, 7) is 5.95. The number of nitrogens with zero attached hydrogens (tertiary/aromatic N) is 1. The van der Waals surface area contributed by atoms with Crippen LogP contribution < -0.4 is 5.32 Å². The second-order valence-electron chi connectivity index (χ2n) is 6.97. The first-order valence-electron chi connectivity index (χ1n) is 8.74. The molecule has 0 aromatic heterocycles. The van der Waals surface area contributed by atoms with Crippen LogP contribution in [0.5, 0.6) is 0 Å². The van der Waals surface area contributed by atoms with E-state index in [1.54, 1.807) is 0 Å². The van der Waals surface area contributed by atoms with Gasteiger partial charge in [-0.15, -0.1) is 0 Å². The molecule has 2 atom stereocenters. The van der Waals surface area contributed by atoms with Gasteiger partial charge in [0.1, 0.15) is 0 Å². The predicted molar refractivity (Wildman–Crippen MR) is 89.5 cm³/mol. The first kappa shape index (κ1) is 15.1. The molecule has 0 aliphatic heterocycles. The quantitative estimate of drug-likeness (QED) is 0.782. The molecule has 2 unspecified atom stereocenters. The van der Waals surface area contributed by atoms with Gasteiger partial charge < -0.3 is 5.32 Å². The van der Waals surface area contributed by atoms with E-state index in [-0.39, 0.29) is 0 Å². The Morgan fingerprint density at radius 1 is 1.14 bits per heavy atom. The van der Waals surface area contributed by atoms with Crippen molar-refractivity contribution in [2.24, 2.45) is 5.92 Å². The number of hydrogen-bond acceptors (Lipinski definition) is 2. The highest BCUT2D eigenvalue weighted by molar-refractivity contribution is 5.26. The summed E-state index contributed by atoms with van der Waals surface area (Å²) in [5.74, 6) is 0.980. The Hall–Kier alpha value is -0.860. The van der Waals surface area contributed by atoms with Crippen LogP contribution in [-0.4, -0.2) is 30.6 Å². The fourth-order valence-electron chi connectivity index (χ4n) is 3.49. The highest BCUT2D eigenvalue weighted by Gasteiger charge is 2.38. The van der Waals surface area contributed by atoms with Crippen LogP contribution in [0.3, 0.4) is 0 Å². The lowest BCUT2D eigenvalue weighted by Crippen LogP contribution is -2.44. The molecule has 0 spiro atoms. The van der Waals surface area contributed by atoms with Gasteiger partial charge in [0, 0.05) is 24.7 Å². The minimum absolute atomic E-state index is 0.440. The normalized spacial score (nSPS) is 21.5. The molecule has 116 valence electrons. The van der Waals surface area contributed by atoms with Crippen molar-refractivity contribution >= 4 is 0 Å². The first-order chi connectivity index (χ1) is 10.2. The molecule has 21 heavy (non-hydrogen) atoms. The summed E-state index contributed by atoms with van der Waals surface area (Å²) in [5, 5.41) is 3.57. The van der Waals surface area contributed by atoms with Gasteiger partial charge in [-0.25, -0.2) is 0 Å². The monoisotopic (exact) mass is 286 g/mol. The van der Waals surface area contributed by atoms with Crippen molar-refractivity contribution in [2.75, 3.05) is 13.6 Å². The van der Waals surface area contributed by atoms with Crippen LogP contribution in [0.1, 0.15) is 56.7 Å². The summed E-state index contributed by atoms with van der Waals surface area (Å²) in [4.78, 5) is 2.78. The van der Waals surface area contributed by atoms with Gasteiger partial charge >= 0.3 is 0 Å². The van der Waals surface area contributed by atoms with E-state index in [2.05, 4.69) is 55.4 Å². The third-order valence-corrected chi connectivity index (χ3v) is 5.25. The molecule has 2 saturated carbocycles. The van der Waals surface area contributed by atoms with E-state index < -0.39 is 0 Å². The van der Waals surface area contributed by atoms with Crippen LogP contribution in [0.2, 0.25) is 0 Å². The first-order valence-corrected chi connectivity index (χ1v) is 8.74. The highest BCUT2D eigenvalue weighted by atomic mass is 15.2. The largest absolute Gasteiger partial charge is 0.312 e. The topological polar surface area (TPSA) is 15.3 Å². The number of aryl methyl sites for hydroxylation is 1. The maximum atomic E-state index is 3.57. The van der Waals surface area contributed by atoms with Gasteiger partial charge in [-0.2, -0.15) is 0 Å². The molecule has 1 N–H and O–H groups in total. The van der Waals surface area contributed by atoms with Crippen LogP contribution >= 0.6 is 0 Å². The fourth-order valence-corrected chi connectivity index (χ4v) is 3.49. The summed E-state index contributed by atoms with van der Waals surface area (Å²) < 4.78 is 0. The molecule has 1 aromatic carbocycles. The Morgan fingerprint density at radius 2 is 1.81 bits per heavy atom. The molecular formula is C19H30N2. The third kappa shape index (κ3) is 3.67. The molecule has 3 rings (SSSR count). The molecule has 2 nitrogen and oxygen atoms in total. The molecular weight excluding hydrogens is 256 g/mol. The lowest BCUT2D eigenvalue weighted by molar-refractivity contribution is 0.156. The van der Waals surface area contributed by atoms with Gasteiger partial charge in [0.2, 0.25) is 0 Å². The van der Waals surface area contributed by atoms with Gasteiger partial charge in [0.15, 0.2) is 0 Å². The molecule has 0 amide bonds. The van der Waals surface area contributed by atoms with E-state index >= 15 is 0 Å². The highest BCUT2D eigenvalue weighted by Crippen LogP contribution is 2.38. The summed E-state index contributed by atoms with van der Waals surface area (Å²) in [7, 11) is 2.11. The molecule has 1 aromatic rings. The third-order valence-electron chi connectivity index (χ3n) is 5.25. The maximum absolute atomic E-state index is 3.57. The van der Waals surface area contributed by atoms with Gasteiger partial charge in [-0.05, 0) is 63.1 Å². The number of likely N-dealkylation sites (N-methyl/N-ethyl adjacent to an activating group) is 1. The number of rotatable bonds is 8. The second-order valence-corrected chi connectivity index (χ2v) is 6.97. The van der Waals surface area contributed by atoms with E-state index in [0.29, 0.717) is 12.1 Å². The maximum Gasteiger partial charge on any atom is 0.0473 e. The van der Waals surface area contributed by atoms with Crippen molar-refractivity contribution in [3.8, 4) is 0 Å². The zero-order valence-electron chi connectivity index (χ0n) is 13.8. The van der Waals surface area contributed by atoms with Gasteiger partial charge in [-0.3, -0.25) is 4.90 Å². The van der Waals surface area contributed by atoms with Crippen molar-refractivity contribution in [3.05, 3.63) is 35.4 Å². The molecule has 0 bridgehead atoms. The zero-order chi connectivity index (χ0) is 14.8. The summed E-state index contributed by atoms with van der Waals surface area (Å²) in [5.41, 5.74) is 2.86. The lowest BCUT2D eigenvalue weighted by atomic mass is 9.97. The minimum atomic E-state index is 0.440. The summed E-state index contributed by atoms with van der Waals surface area (Å²) in [6, 6.07) is 11.1. The Bertz CT molecular complexity index is 445. The van der Waals surface area contributed by atoms with Crippen molar-refractivity contribution in [1.29, 1.82) is 0 Å². The van der Waals surface area contributed by atoms with Crippen LogP contribution in [0.15, 0.2) is 24.3 Å². The molecule has 2 aliphatic carbocycles. The predicted octanol–water partition coefficient (Wildman–Crippen LogP) is 3.77. The standard InChI is InChI=1S/C19H30N2/c1-4-15-7-9-17(10-8-15)19(20-3)14(2)21(18-11-12-18)13-16-5-6-16/h7-10,14,16,18-20H,4-6,11-13H2,1-3H3. The minimum Gasteiger partial charge on any atom is -0.312 e. The van der Waals surface area contributed by atoms with Crippen LogP contribution in [0, 0.1) is 5.92 Å². The van der Waals surface area contributed by atoms with E-state index in [1.165, 1.54) is 43.4 Å². The van der Waals surface area contributed by atoms with Crippen LogP contribution in [-0.2, 0) is 6.42 Å². The van der Waals surface area contributed by atoms with Crippen LogP contribution in [0.25, 0.3) is 0 Å². The lowest BCUT2D eigenvalue weighted by Gasteiger charge is -2.35. The van der Waals surface area contributed by atoms with Gasteiger partial charge in [0.25, 0.3) is 0 Å². The van der Waals surface area contributed by atoms with E-state index in [0.717, 1.165) is 18.4 Å². The molecule has 2 fully saturated rings. The number of benzene rings is 1. The number of nitrogens with one attached hydrogen (secondary N) is 1. The Kier molecular flexibility index (Phi) is 4.66. The Labute approximate surface area is 129 Å². The van der Waals surface area contributed by atoms with Gasteiger partial charge in [-0.1, -0.05) is 31.2 Å². The van der Waals surface area contributed by atoms with Crippen molar-refractivity contribution in [2.45, 2.75) is 64.1 Å². The summed E-state index contributed by atoms with van der Waals surface area (Å²) >= 11 is 0. The summed E-state index contributed by atoms with van der Waals surface area (Å²) in [6.07, 6.45) is 6.83. The number of hydrogen-bond donors (Lipinski definition) is 1. The molecule has 0 heterocycles. The smallest absolute Gasteiger partial charge is 0.0473 e. The fraction of sp³-hybridized carbons (Fsp3) is 0.684. The van der Waals surface area contributed by atoms with E-state index in [4.69, 9.17) is 0 Å². The molecule has 2 aliphatic rings. The zero-order valence-corrected chi connectivity index (χ0v) is 13.8. The van der Waals surface area contributed by atoms with Crippen molar-refractivity contribution in [3.63, 3.8) is 0 Å². The van der Waals surface area contributed by atoms with Crippen LogP contribution in [0.4, 0.5) is 0 Å². The Morgan fingerprint density at radius 3 is 2.29 bits per heavy atom. The van der Waals surface area contributed by atoms with Gasteiger partial charge in [0.05, 0.1) is 0 Å². The van der Waals surface area contributed by atoms with Crippen molar-refractivity contribution in [1.82, 2.24) is 10.2 Å². The molecule has 2 heteroatoms. The Balaban J connectivity index is 1.72. The average molecular weight is 286 g/mol. The average Bonchev–Trinajstić information content (AvgIpc) is 3.39. The van der Waals surface area contributed by atoms with E-state index in [9.17, 15) is 0 Å². The van der Waals surface area contributed by atoms with Crippen molar-refractivity contribution < 1.29 is 0 Å². The van der Waals surface area contributed by atoms with E-state index in [1.807, 2.05) is 0 Å². The second kappa shape index (κ2) is 6.50. The SMILES string of the molecule is CCc1ccc(C(NC)C(C)N(CC2CC2)C2CC2)cc1. The molecule has 0 saturated heterocycles.